The van der Waals surface area contributed by atoms with Gasteiger partial charge in [0.05, 0.1) is 0 Å². The third kappa shape index (κ3) is 3.88. The fourth-order valence-electron chi connectivity index (χ4n) is 0.711. The van der Waals surface area contributed by atoms with E-state index < -0.39 is 0 Å². The molecule has 0 saturated heterocycles. The van der Waals surface area contributed by atoms with Gasteiger partial charge in [-0.25, -0.2) is 4.79 Å². The van der Waals surface area contributed by atoms with Gasteiger partial charge in [-0.2, -0.15) is 0 Å². The molecule has 0 unspecified atom stereocenters. The zero-order chi connectivity index (χ0) is 10.4. The number of carbonyl (C=O) groups excluding carboxylic acids is 1. The summed E-state index contributed by atoms with van der Waals surface area (Å²) in [6, 6.07) is -0.190. The minimum Gasteiger partial charge on any atom is -0.358 e. The number of carbonyl (C=O) groups is 1. The molecule has 0 aromatic carbocycles. The number of anilines is 1. The van der Waals surface area contributed by atoms with Gasteiger partial charge in [-0.05, 0) is 15.9 Å². The quantitative estimate of drug-likeness (QED) is 0.707. The van der Waals surface area contributed by atoms with Crippen LogP contribution >= 0.6 is 27.3 Å². The number of aromatic nitrogens is 2. The molecular formula is C6H10BrN5OS. The number of urea groups is 1. The number of hydrogen-bond acceptors (Lipinski definition) is 5. The second-order valence-corrected chi connectivity index (χ2v) is 4.55. The lowest BCUT2D eigenvalue weighted by atomic mass is 10.6. The zero-order valence-electron chi connectivity index (χ0n) is 7.50. The normalized spacial score (nSPS) is 9.57. The van der Waals surface area contributed by atoms with E-state index in [4.69, 9.17) is 0 Å². The molecule has 1 rings (SSSR count). The molecule has 3 N–H and O–H groups in total. The molecule has 1 heterocycles. The lowest BCUT2D eigenvalue weighted by Crippen LogP contribution is -2.35. The summed E-state index contributed by atoms with van der Waals surface area (Å²) in [7, 11) is 1.57. The number of rotatable bonds is 4. The van der Waals surface area contributed by atoms with Crippen molar-refractivity contribution in [3.05, 3.63) is 3.92 Å². The van der Waals surface area contributed by atoms with E-state index >= 15 is 0 Å². The highest BCUT2D eigenvalue weighted by molar-refractivity contribution is 9.11. The number of amides is 2. The predicted octanol–water partition coefficient (Wildman–Crippen LogP) is 0.641. The largest absolute Gasteiger partial charge is 0.358 e. The van der Waals surface area contributed by atoms with Crippen molar-refractivity contribution in [2.24, 2.45) is 0 Å². The Morgan fingerprint density at radius 3 is 2.86 bits per heavy atom. The summed E-state index contributed by atoms with van der Waals surface area (Å²) < 4.78 is 0.735. The van der Waals surface area contributed by atoms with Crippen LogP contribution in [0.2, 0.25) is 0 Å². The van der Waals surface area contributed by atoms with E-state index in [9.17, 15) is 4.79 Å². The smallest absolute Gasteiger partial charge is 0.314 e. The van der Waals surface area contributed by atoms with Crippen molar-refractivity contribution in [2.75, 3.05) is 25.5 Å². The third-order valence-corrected chi connectivity index (χ3v) is 2.63. The van der Waals surface area contributed by atoms with Crippen LogP contribution in [-0.2, 0) is 0 Å². The number of halogens is 1. The van der Waals surface area contributed by atoms with Crippen molar-refractivity contribution in [3.63, 3.8) is 0 Å². The van der Waals surface area contributed by atoms with Crippen LogP contribution in [0.15, 0.2) is 3.92 Å². The summed E-state index contributed by atoms with van der Waals surface area (Å²) in [6.45, 7) is 1.16. The van der Waals surface area contributed by atoms with Gasteiger partial charge in [0.15, 0.2) is 3.92 Å². The fourth-order valence-corrected chi connectivity index (χ4v) is 1.75. The Morgan fingerprint density at radius 2 is 2.29 bits per heavy atom. The third-order valence-electron chi connectivity index (χ3n) is 1.31. The van der Waals surface area contributed by atoms with E-state index in [0.29, 0.717) is 13.1 Å². The summed E-state index contributed by atoms with van der Waals surface area (Å²) in [5, 5.41) is 16.5. The first-order valence-electron chi connectivity index (χ1n) is 3.91. The zero-order valence-corrected chi connectivity index (χ0v) is 9.91. The van der Waals surface area contributed by atoms with Gasteiger partial charge in [0.2, 0.25) is 5.13 Å². The van der Waals surface area contributed by atoms with Crippen molar-refractivity contribution in [3.8, 4) is 0 Å². The van der Waals surface area contributed by atoms with Crippen LogP contribution in [0.1, 0.15) is 0 Å². The molecule has 0 atom stereocenters. The Labute approximate surface area is 93.6 Å². The maximum absolute atomic E-state index is 10.7. The minimum absolute atomic E-state index is 0.190. The van der Waals surface area contributed by atoms with Gasteiger partial charge in [-0.3, -0.25) is 0 Å². The molecule has 0 aliphatic heterocycles. The van der Waals surface area contributed by atoms with Gasteiger partial charge in [0.1, 0.15) is 0 Å². The predicted molar refractivity (Wildman–Crippen MR) is 58.6 cm³/mol. The minimum atomic E-state index is -0.190. The molecule has 0 aliphatic carbocycles. The summed E-state index contributed by atoms with van der Waals surface area (Å²) >= 11 is 4.61. The lowest BCUT2D eigenvalue weighted by molar-refractivity contribution is 0.243. The molecule has 78 valence electrons. The van der Waals surface area contributed by atoms with Gasteiger partial charge in [-0.15, -0.1) is 10.2 Å². The number of nitrogens with zero attached hydrogens (tertiary/aromatic N) is 2. The highest BCUT2D eigenvalue weighted by Crippen LogP contribution is 2.19. The summed E-state index contributed by atoms with van der Waals surface area (Å²) in [5.74, 6) is 0. The highest BCUT2D eigenvalue weighted by Gasteiger charge is 1.99. The molecule has 2 amide bonds. The SMILES string of the molecule is CNC(=O)NCCNc1nnc(Br)s1. The van der Waals surface area contributed by atoms with E-state index in [2.05, 4.69) is 42.1 Å². The molecule has 1 aromatic rings. The van der Waals surface area contributed by atoms with Gasteiger partial charge in [-0.1, -0.05) is 11.3 Å². The molecule has 0 saturated carbocycles. The van der Waals surface area contributed by atoms with E-state index in [-0.39, 0.29) is 6.03 Å². The summed E-state index contributed by atoms with van der Waals surface area (Å²) in [5.41, 5.74) is 0. The number of hydrogen-bond donors (Lipinski definition) is 3. The van der Waals surface area contributed by atoms with Crippen LogP contribution in [0, 0.1) is 0 Å². The molecule has 6 nitrogen and oxygen atoms in total. The topological polar surface area (TPSA) is 78.9 Å². The first-order chi connectivity index (χ1) is 6.72. The van der Waals surface area contributed by atoms with E-state index in [1.807, 2.05) is 0 Å². The molecule has 0 bridgehead atoms. The van der Waals surface area contributed by atoms with Crippen molar-refractivity contribution >= 4 is 38.4 Å². The average molecular weight is 280 g/mol. The van der Waals surface area contributed by atoms with Crippen LogP contribution in [0.25, 0.3) is 0 Å². The molecule has 0 spiro atoms. The van der Waals surface area contributed by atoms with Gasteiger partial charge < -0.3 is 16.0 Å². The van der Waals surface area contributed by atoms with Crippen LogP contribution in [0.4, 0.5) is 9.93 Å². The Bertz CT molecular complexity index is 304. The lowest BCUT2D eigenvalue weighted by Gasteiger charge is -2.03. The Balaban J connectivity index is 2.13. The first-order valence-corrected chi connectivity index (χ1v) is 5.52. The van der Waals surface area contributed by atoms with Crippen LogP contribution in [-0.4, -0.2) is 36.4 Å². The van der Waals surface area contributed by atoms with Gasteiger partial charge in [0.25, 0.3) is 0 Å². The van der Waals surface area contributed by atoms with E-state index in [1.54, 1.807) is 7.05 Å². The second kappa shape index (κ2) is 5.76. The molecular weight excluding hydrogens is 270 g/mol. The van der Waals surface area contributed by atoms with Crippen molar-refractivity contribution in [1.29, 1.82) is 0 Å². The fraction of sp³-hybridized carbons (Fsp3) is 0.500. The van der Waals surface area contributed by atoms with Crippen molar-refractivity contribution < 1.29 is 4.79 Å². The van der Waals surface area contributed by atoms with Gasteiger partial charge in [0, 0.05) is 20.1 Å². The highest BCUT2D eigenvalue weighted by atomic mass is 79.9. The maximum atomic E-state index is 10.7. The van der Waals surface area contributed by atoms with Crippen LogP contribution in [0.3, 0.4) is 0 Å². The first kappa shape index (κ1) is 11.2. The average Bonchev–Trinajstić information content (AvgIpc) is 2.58. The van der Waals surface area contributed by atoms with Crippen molar-refractivity contribution in [2.45, 2.75) is 0 Å². The standard InChI is InChI=1S/C6H10BrN5OS/c1-8-5(13)9-2-3-10-6-12-11-4(7)14-6/h2-3H2,1H3,(H,10,12)(H2,8,9,13). The van der Waals surface area contributed by atoms with Crippen LogP contribution < -0.4 is 16.0 Å². The maximum Gasteiger partial charge on any atom is 0.314 e. The van der Waals surface area contributed by atoms with E-state index in [1.165, 1.54) is 11.3 Å². The molecule has 0 radical (unpaired) electrons. The number of nitrogens with one attached hydrogen (secondary N) is 3. The molecule has 0 fully saturated rings. The van der Waals surface area contributed by atoms with Gasteiger partial charge >= 0.3 is 6.03 Å². The van der Waals surface area contributed by atoms with Crippen molar-refractivity contribution in [1.82, 2.24) is 20.8 Å². The summed E-state index contributed by atoms with van der Waals surface area (Å²) in [6.07, 6.45) is 0. The van der Waals surface area contributed by atoms with E-state index in [0.717, 1.165) is 9.05 Å². The molecule has 14 heavy (non-hydrogen) atoms. The Kier molecular flexibility index (Phi) is 4.60. The molecule has 0 aliphatic rings. The molecule has 1 aromatic heterocycles. The summed E-state index contributed by atoms with van der Waals surface area (Å²) in [4.78, 5) is 10.7. The van der Waals surface area contributed by atoms with Crippen LogP contribution in [0.5, 0.6) is 0 Å². The monoisotopic (exact) mass is 279 g/mol. The Hall–Kier alpha value is -0.890. The second-order valence-electron chi connectivity index (χ2n) is 2.29. The Morgan fingerprint density at radius 1 is 1.50 bits per heavy atom. The molecule has 8 heteroatoms.